The lowest BCUT2D eigenvalue weighted by Gasteiger charge is -2.17. The Hall–Kier alpha value is -2.89. The Labute approximate surface area is 145 Å². The molecule has 132 valence electrons. The number of carbonyl (C=O) groups excluding carboxylic acids is 1. The lowest BCUT2D eigenvalue weighted by molar-refractivity contribution is -0.137. The minimum Gasteiger partial charge on any atom is -0.481 e. The van der Waals surface area contributed by atoms with E-state index in [2.05, 4.69) is 10.3 Å². The van der Waals surface area contributed by atoms with Crippen molar-refractivity contribution in [3.8, 4) is 0 Å². The molecule has 0 aliphatic carbocycles. The molecule has 1 unspecified atom stereocenters. The van der Waals surface area contributed by atoms with E-state index in [0.717, 1.165) is 0 Å². The van der Waals surface area contributed by atoms with Crippen LogP contribution in [0.4, 0.5) is 0 Å². The van der Waals surface area contributed by atoms with Gasteiger partial charge < -0.3 is 15.4 Å². The zero-order valence-corrected chi connectivity index (χ0v) is 14.3. The maximum Gasteiger partial charge on any atom is 0.305 e. The van der Waals surface area contributed by atoms with Gasteiger partial charge in [-0.3, -0.25) is 14.4 Å². The summed E-state index contributed by atoms with van der Waals surface area (Å²) in [6.07, 6.45) is 0.408. The van der Waals surface area contributed by atoms with Crippen LogP contribution in [0.5, 0.6) is 0 Å². The molecule has 1 aromatic carbocycles. The number of hydrogen-bond acceptors (Lipinski definition) is 3. The van der Waals surface area contributed by atoms with Gasteiger partial charge in [-0.2, -0.15) is 0 Å². The molecule has 1 heterocycles. The molecule has 2 aromatic rings. The molecule has 0 fully saturated rings. The van der Waals surface area contributed by atoms with E-state index < -0.39 is 17.9 Å². The van der Waals surface area contributed by atoms with Crippen LogP contribution in [0.2, 0.25) is 0 Å². The number of carbonyl (C=O) groups is 2. The smallest absolute Gasteiger partial charge is 0.305 e. The number of amides is 1. The number of nitrogens with one attached hydrogen (secondary N) is 2. The highest BCUT2D eigenvalue weighted by molar-refractivity contribution is 5.94. The fourth-order valence-electron chi connectivity index (χ4n) is 2.64. The van der Waals surface area contributed by atoms with Crippen LogP contribution in [0, 0.1) is 5.92 Å². The highest BCUT2D eigenvalue weighted by Crippen LogP contribution is 2.17. The van der Waals surface area contributed by atoms with Crippen LogP contribution in [0.15, 0.2) is 47.3 Å². The predicted molar refractivity (Wildman–Crippen MR) is 94.5 cm³/mol. The van der Waals surface area contributed by atoms with Gasteiger partial charge >= 0.3 is 5.97 Å². The molecule has 1 atom stereocenters. The van der Waals surface area contributed by atoms with Crippen molar-refractivity contribution in [2.45, 2.75) is 32.7 Å². The topological polar surface area (TPSA) is 99.3 Å². The predicted octanol–water partition coefficient (Wildman–Crippen LogP) is 2.52. The Balaban J connectivity index is 2.25. The number of hydrogen-bond donors (Lipinski definition) is 3. The summed E-state index contributed by atoms with van der Waals surface area (Å²) in [6, 6.07) is 11.1. The molecule has 0 bridgehead atoms. The second-order valence-corrected chi connectivity index (χ2v) is 6.39. The molecule has 2 rings (SSSR count). The maximum atomic E-state index is 12.5. The third-order valence-corrected chi connectivity index (χ3v) is 3.68. The van der Waals surface area contributed by atoms with E-state index in [4.69, 9.17) is 5.11 Å². The van der Waals surface area contributed by atoms with Gasteiger partial charge in [0.05, 0.1) is 12.5 Å². The van der Waals surface area contributed by atoms with Crippen LogP contribution in [0.1, 0.15) is 47.9 Å². The summed E-state index contributed by atoms with van der Waals surface area (Å²) in [5.41, 5.74) is 1.26. The molecule has 0 aliphatic rings. The maximum absolute atomic E-state index is 12.5. The van der Waals surface area contributed by atoms with Gasteiger partial charge in [0, 0.05) is 17.3 Å². The summed E-state index contributed by atoms with van der Waals surface area (Å²) in [7, 11) is 0. The van der Waals surface area contributed by atoms with E-state index in [1.807, 2.05) is 19.9 Å². The van der Waals surface area contributed by atoms with E-state index in [0.29, 0.717) is 23.6 Å². The van der Waals surface area contributed by atoms with Gasteiger partial charge in [0.25, 0.3) is 5.91 Å². The number of carboxylic acid groups (broad SMARTS) is 1. The number of benzene rings is 1. The third kappa shape index (κ3) is 5.60. The largest absolute Gasteiger partial charge is 0.481 e. The molecule has 0 aliphatic heterocycles. The van der Waals surface area contributed by atoms with Crippen LogP contribution in [0.3, 0.4) is 0 Å². The second kappa shape index (κ2) is 8.28. The van der Waals surface area contributed by atoms with Crippen molar-refractivity contribution in [3.63, 3.8) is 0 Å². The van der Waals surface area contributed by atoms with Gasteiger partial charge in [0.2, 0.25) is 5.56 Å². The van der Waals surface area contributed by atoms with Crippen molar-refractivity contribution < 1.29 is 14.7 Å². The van der Waals surface area contributed by atoms with Crippen molar-refractivity contribution in [1.82, 2.24) is 10.3 Å². The minimum atomic E-state index is -1.01. The molecule has 0 spiro atoms. The summed E-state index contributed by atoms with van der Waals surface area (Å²) in [5, 5.41) is 11.8. The molecule has 6 heteroatoms. The molecule has 1 amide bonds. The van der Waals surface area contributed by atoms with Crippen molar-refractivity contribution in [2.24, 2.45) is 5.92 Å². The number of aliphatic carboxylic acids is 1. The summed E-state index contributed by atoms with van der Waals surface area (Å²) in [5.74, 6) is -1.15. The number of aromatic amines is 1. The summed E-state index contributed by atoms with van der Waals surface area (Å²) >= 11 is 0. The lowest BCUT2D eigenvalue weighted by Crippen LogP contribution is -2.31. The Morgan fingerprint density at radius 1 is 1.16 bits per heavy atom. The number of aromatic nitrogens is 1. The summed E-state index contributed by atoms with van der Waals surface area (Å²) < 4.78 is 0. The van der Waals surface area contributed by atoms with Crippen molar-refractivity contribution in [2.75, 3.05) is 0 Å². The van der Waals surface area contributed by atoms with Crippen LogP contribution >= 0.6 is 0 Å². The number of rotatable bonds is 7. The third-order valence-electron chi connectivity index (χ3n) is 3.68. The van der Waals surface area contributed by atoms with Gasteiger partial charge in [0.15, 0.2) is 0 Å². The molecule has 25 heavy (non-hydrogen) atoms. The van der Waals surface area contributed by atoms with E-state index in [-0.39, 0.29) is 17.5 Å². The average molecular weight is 342 g/mol. The summed E-state index contributed by atoms with van der Waals surface area (Å²) in [4.78, 5) is 38.2. The molecule has 0 radical (unpaired) electrons. The standard InChI is InChI=1S/C19H22N2O4/c1-12(2)8-15-9-14(10-17(22)20-15)19(25)21-16(11-18(23)24)13-6-4-3-5-7-13/h3-7,9-10,12,16H,8,11H2,1-2H3,(H,20,22)(H,21,25)(H,23,24). The highest BCUT2D eigenvalue weighted by Gasteiger charge is 2.19. The molecular weight excluding hydrogens is 320 g/mol. The van der Waals surface area contributed by atoms with Crippen molar-refractivity contribution >= 4 is 11.9 Å². The number of pyridine rings is 1. The normalized spacial score (nSPS) is 12.0. The monoisotopic (exact) mass is 342 g/mol. The zero-order valence-electron chi connectivity index (χ0n) is 14.3. The molecular formula is C19H22N2O4. The van der Waals surface area contributed by atoms with Gasteiger partial charge in [-0.15, -0.1) is 0 Å². The minimum absolute atomic E-state index is 0.228. The van der Waals surface area contributed by atoms with Gasteiger partial charge in [-0.05, 0) is 24.0 Å². The molecule has 3 N–H and O–H groups in total. The van der Waals surface area contributed by atoms with Gasteiger partial charge in [-0.1, -0.05) is 44.2 Å². The molecule has 6 nitrogen and oxygen atoms in total. The first kappa shape index (κ1) is 18.4. The van der Waals surface area contributed by atoms with E-state index >= 15 is 0 Å². The van der Waals surface area contributed by atoms with Crippen molar-refractivity contribution in [1.29, 1.82) is 0 Å². The summed E-state index contributed by atoms with van der Waals surface area (Å²) in [6.45, 7) is 4.03. The van der Waals surface area contributed by atoms with Crippen LogP contribution in [-0.2, 0) is 11.2 Å². The Morgan fingerprint density at radius 3 is 2.44 bits per heavy atom. The van der Waals surface area contributed by atoms with Crippen LogP contribution in [0.25, 0.3) is 0 Å². The van der Waals surface area contributed by atoms with E-state index in [9.17, 15) is 14.4 Å². The average Bonchev–Trinajstić information content (AvgIpc) is 2.53. The first-order chi connectivity index (χ1) is 11.8. The lowest BCUT2D eigenvalue weighted by atomic mass is 10.0. The van der Waals surface area contributed by atoms with Crippen LogP contribution in [-0.4, -0.2) is 22.0 Å². The first-order valence-corrected chi connectivity index (χ1v) is 8.16. The molecule has 1 aromatic heterocycles. The van der Waals surface area contributed by atoms with Gasteiger partial charge in [0.1, 0.15) is 0 Å². The Kier molecular flexibility index (Phi) is 6.11. The van der Waals surface area contributed by atoms with E-state index in [1.54, 1.807) is 30.3 Å². The fourth-order valence-corrected chi connectivity index (χ4v) is 2.64. The number of H-pyrrole nitrogens is 1. The second-order valence-electron chi connectivity index (χ2n) is 6.39. The van der Waals surface area contributed by atoms with Crippen molar-refractivity contribution in [3.05, 3.63) is 69.6 Å². The quantitative estimate of drug-likeness (QED) is 0.720. The van der Waals surface area contributed by atoms with Gasteiger partial charge in [-0.25, -0.2) is 0 Å². The Bertz CT molecular complexity index is 797. The molecule has 0 saturated carbocycles. The number of carboxylic acids is 1. The van der Waals surface area contributed by atoms with Crippen LogP contribution < -0.4 is 10.9 Å². The molecule has 0 saturated heterocycles. The highest BCUT2D eigenvalue weighted by atomic mass is 16.4. The first-order valence-electron chi connectivity index (χ1n) is 8.16. The fraction of sp³-hybridized carbons (Fsp3) is 0.316. The van der Waals surface area contributed by atoms with E-state index in [1.165, 1.54) is 6.07 Å². The Morgan fingerprint density at radius 2 is 1.84 bits per heavy atom. The SMILES string of the molecule is CC(C)Cc1cc(C(=O)NC(CC(=O)O)c2ccccc2)cc(=O)[nH]1. The zero-order chi connectivity index (χ0) is 18.4.